The largest absolute Gasteiger partial charge is 0.357 e. The van der Waals surface area contributed by atoms with Crippen molar-refractivity contribution < 1.29 is 0 Å². The van der Waals surface area contributed by atoms with Gasteiger partial charge in [0.1, 0.15) is 0 Å². The number of nitrogens with zero attached hydrogens (tertiary/aromatic N) is 1. The summed E-state index contributed by atoms with van der Waals surface area (Å²) in [6.07, 6.45) is 1.90. The summed E-state index contributed by atoms with van der Waals surface area (Å²) in [5.74, 6) is 0. The van der Waals surface area contributed by atoms with E-state index < -0.39 is 0 Å². The summed E-state index contributed by atoms with van der Waals surface area (Å²) in [5.41, 5.74) is 3.98. The first-order valence-corrected chi connectivity index (χ1v) is 6.19. The number of aryl methyl sites for hydroxylation is 3. The van der Waals surface area contributed by atoms with Gasteiger partial charge in [-0.15, -0.1) is 11.3 Å². The number of rotatable bonds is 3. The lowest BCUT2D eigenvalue weighted by atomic mass is 10.1. The second kappa shape index (κ2) is 4.66. The van der Waals surface area contributed by atoms with E-state index in [1.165, 1.54) is 21.6 Å². The Bertz CT molecular complexity index is 488. The first kappa shape index (κ1) is 11.1. The average molecular weight is 232 g/mol. The van der Waals surface area contributed by atoms with E-state index in [9.17, 15) is 0 Å². The van der Waals surface area contributed by atoms with Crippen LogP contribution >= 0.6 is 11.3 Å². The molecule has 16 heavy (non-hydrogen) atoms. The minimum atomic E-state index is 0.846. The van der Waals surface area contributed by atoms with Gasteiger partial charge in [-0.2, -0.15) is 0 Å². The lowest BCUT2D eigenvalue weighted by Gasteiger charge is -2.07. The second-order valence-corrected chi connectivity index (χ2v) is 5.29. The molecule has 2 rings (SSSR count). The Labute approximate surface area is 100 Å². The van der Waals surface area contributed by atoms with Crippen LogP contribution in [0.25, 0.3) is 0 Å². The minimum Gasteiger partial charge on any atom is -0.357 e. The van der Waals surface area contributed by atoms with Crippen molar-refractivity contribution >= 4 is 16.5 Å². The molecule has 2 aromatic rings. The highest BCUT2D eigenvalue weighted by Crippen LogP contribution is 2.18. The summed E-state index contributed by atoms with van der Waals surface area (Å²) < 4.78 is 0. The van der Waals surface area contributed by atoms with E-state index in [1.807, 2.05) is 6.20 Å². The van der Waals surface area contributed by atoms with Gasteiger partial charge in [-0.3, -0.25) is 0 Å². The summed E-state index contributed by atoms with van der Waals surface area (Å²) >= 11 is 1.69. The molecular weight excluding hydrogens is 216 g/mol. The predicted molar refractivity (Wildman–Crippen MR) is 70.1 cm³/mol. The van der Waals surface area contributed by atoms with Crippen molar-refractivity contribution in [2.75, 3.05) is 5.32 Å². The topological polar surface area (TPSA) is 24.9 Å². The lowest BCUT2D eigenvalue weighted by Crippen LogP contribution is -2.00. The molecule has 0 aliphatic carbocycles. The molecule has 0 spiro atoms. The molecule has 3 heteroatoms. The molecule has 0 aliphatic heterocycles. The maximum absolute atomic E-state index is 4.29. The van der Waals surface area contributed by atoms with Crippen molar-refractivity contribution in [3.05, 3.63) is 46.0 Å². The molecule has 0 unspecified atom stereocenters. The minimum absolute atomic E-state index is 0.846. The predicted octanol–water partition coefficient (Wildman–Crippen LogP) is 3.68. The van der Waals surface area contributed by atoms with Gasteiger partial charge < -0.3 is 5.32 Å². The van der Waals surface area contributed by atoms with Gasteiger partial charge in [-0.1, -0.05) is 23.8 Å². The van der Waals surface area contributed by atoms with Crippen LogP contribution in [0.4, 0.5) is 5.13 Å². The molecular formula is C13H16N2S. The zero-order chi connectivity index (χ0) is 11.5. The molecule has 0 aliphatic rings. The quantitative estimate of drug-likeness (QED) is 0.873. The number of thiazole rings is 1. The van der Waals surface area contributed by atoms with Gasteiger partial charge in [-0.05, 0) is 31.9 Å². The van der Waals surface area contributed by atoms with Gasteiger partial charge in [0.15, 0.2) is 5.13 Å². The first-order chi connectivity index (χ1) is 7.65. The molecule has 0 saturated heterocycles. The van der Waals surface area contributed by atoms with Crippen LogP contribution in [-0.2, 0) is 6.54 Å². The Morgan fingerprint density at radius 1 is 1.25 bits per heavy atom. The van der Waals surface area contributed by atoms with E-state index in [0.717, 1.165) is 11.7 Å². The van der Waals surface area contributed by atoms with Crippen LogP contribution < -0.4 is 5.32 Å². The molecule has 0 bridgehead atoms. The highest BCUT2D eigenvalue weighted by Gasteiger charge is 2.01. The fourth-order valence-corrected chi connectivity index (χ4v) is 2.31. The number of nitrogens with one attached hydrogen (secondary N) is 1. The normalized spacial score (nSPS) is 10.4. The van der Waals surface area contributed by atoms with E-state index in [4.69, 9.17) is 0 Å². The van der Waals surface area contributed by atoms with Crippen molar-refractivity contribution in [3.63, 3.8) is 0 Å². The van der Waals surface area contributed by atoms with Crippen LogP contribution in [0.5, 0.6) is 0 Å². The van der Waals surface area contributed by atoms with Crippen LogP contribution in [0, 0.1) is 20.8 Å². The molecule has 0 saturated carbocycles. The van der Waals surface area contributed by atoms with E-state index in [-0.39, 0.29) is 0 Å². The Morgan fingerprint density at radius 3 is 2.69 bits per heavy atom. The van der Waals surface area contributed by atoms with E-state index >= 15 is 0 Å². The molecule has 1 aromatic carbocycles. The lowest BCUT2D eigenvalue weighted by molar-refractivity contribution is 1.10. The number of hydrogen-bond donors (Lipinski definition) is 1. The summed E-state index contributed by atoms with van der Waals surface area (Å²) in [6.45, 7) is 7.19. The van der Waals surface area contributed by atoms with E-state index in [0.29, 0.717) is 0 Å². The van der Waals surface area contributed by atoms with Crippen LogP contribution in [0.3, 0.4) is 0 Å². The van der Waals surface area contributed by atoms with Crippen molar-refractivity contribution in [1.29, 1.82) is 0 Å². The Kier molecular flexibility index (Phi) is 3.25. The Balaban J connectivity index is 2.04. The molecule has 1 heterocycles. The summed E-state index contributed by atoms with van der Waals surface area (Å²) in [6, 6.07) is 6.54. The average Bonchev–Trinajstić information content (AvgIpc) is 2.63. The third kappa shape index (κ3) is 2.61. The molecule has 0 amide bonds. The van der Waals surface area contributed by atoms with E-state index in [2.05, 4.69) is 49.3 Å². The number of hydrogen-bond acceptors (Lipinski definition) is 3. The maximum atomic E-state index is 4.29. The Hall–Kier alpha value is -1.35. The maximum Gasteiger partial charge on any atom is 0.183 e. The fourth-order valence-electron chi connectivity index (χ4n) is 1.65. The van der Waals surface area contributed by atoms with Crippen molar-refractivity contribution in [3.8, 4) is 0 Å². The van der Waals surface area contributed by atoms with Gasteiger partial charge in [0.05, 0.1) is 0 Å². The van der Waals surface area contributed by atoms with Crippen molar-refractivity contribution in [2.24, 2.45) is 0 Å². The van der Waals surface area contributed by atoms with Crippen LogP contribution in [0.15, 0.2) is 24.4 Å². The van der Waals surface area contributed by atoms with Gasteiger partial charge in [0, 0.05) is 17.6 Å². The highest BCUT2D eigenvalue weighted by molar-refractivity contribution is 7.15. The standard InChI is InChI=1S/C13H16N2S/c1-9-4-5-12(10(2)6-9)8-15-13-14-7-11(3)16-13/h4-7H,8H2,1-3H3,(H,14,15). The number of aromatic nitrogens is 1. The zero-order valence-electron chi connectivity index (χ0n) is 9.87. The summed E-state index contributed by atoms with van der Waals surface area (Å²) in [4.78, 5) is 5.52. The monoisotopic (exact) mass is 232 g/mol. The van der Waals surface area contributed by atoms with Gasteiger partial charge in [0.25, 0.3) is 0 Å². The molecule has 0 atom stereocenters. The fraction of sp³-hybridized carbons (Fsp3) is 0.308. The third-order valence-electron chi connectivity index (χ3n) is 2.55. The summed E-state index contributed by atoms with van der Waals surface area (Å²) in [5, 5.41) is 4.35. The molecule has 0 radical (unpaired) electrons. The van der Waals surface area contributed by atoms with Gasteiger partial charge in [0.2, 0.25) is 0 Å². The molecule has 84 valence electrons. The third-order valence-corrected chi connectivity index (χ3v) is 3.42. The van der Waals surface area contributed by atoms with Gasteiger partial charge in [-0.25, -0.2) is 4.98 Å². The van der Waals surface area contributed by atoms with Crippen LogP contribution in [-0.4, -0.2) is 4.98 Å². The van der Waals surface area contributed by atoms with E-state index in [1.54, 1.807) is 11.3 Å². The van der Waals surface area contributed by atoms with Crippen LogP contribution in [0.2, 0.25) is 0 Å². The Morgan fingerprint density at radius 2 is 2.06 bits per heavy atom. The van der Waals surface area contributed by atoms with Gasteiger partial charge >= 0.3 is 0 Å². The SMILES string of the molecule is Cc1ccc(CNc2ncc(C)s2)c(C)c1. The molecule has 1 aromatic heterocycles. The van der Waals surface area contributed by atoms with Crippen molar-refractivity contribution in [2.45, 2.75) is 27.3 Å². The van der Waals surface area contributed by atoms with Crippen LogP contribution in [0.1, 0.15) is 21.6 Å². The smallest absolute Gasteiger partial charge is 0.183 e. The number of benzene rings is 1. The van der Waals surface area contributed by atoms with Crippen molar-refractivity contribution in [1.82, 2.24) is 4.98 Å². The zero-order valence-corrected chi connectivity index (χ0v) is 10.7. The molecule has 1 N–H and O–H groups in total. The highest BCUT2D eigenvalue weighted by atomic mass is 32.1. The second-order valence-electron chi connectivity index (χ2n) is 4.06. The summed E-state index contributed by atoms with van der Waals surface area (Å²) in [7, 11) is 0. The molecule has 0 fully saturated rings. The molecule has 2 nitrogen and oxygen atoms in total. The first-order valence-electron chi connectivity index (χ1n) is 5.37. The number of anilines is 1.